The lowest BCUT2D eigenvalue weighted by atomic mass is 10.1. The Kier molecular flexibility index (Phi) is 7.92. The first kappa shape index (κ1) is 28.2. The first-order chi connectivity index (χ1) is 19.1. The minimum Gasteiger partial charge on any atom is -0.495 e. The zero-order valence-corrected chi connectivity index (χ0v) is 23.8. The molecular weight excluding hydrogens is 559 g/mol. The molecule has 4 heterocycles. The van der Waals surface area contributed by atoms with Crippen molar-refractivity contribution in [1.82, 2.24) is 20.3 Å². The maximum atomic E-state index is 11.8. The van der Waals surface area contributed by atoms with Gasteiger partial charge in [-0.05, 0) is 25.5 Å². The Morgan fingerprint density at radius 2 is 1.90 bits per heavy atom. The van der Waals surface area contributed by atoms with Crippen molar-refractivity contribution in [3.63, 3.8) is 0 Å². The van der Waals surface area contributed by atoms with E-state index in [1.807, 2.05) is 4.90 Å². The predicted octanol–water partition coefficient (Wildman–Crippen LogP) is 3.46. The van der Waals surface area contributed by atoms with Crippen molar-refractivity contribution in [2.45, 2.75) is 31.0 Å². The molecule has 11 nitrogen and oxygen atoms in total. The molecule has 3 atom stereocenters. The van der Waals surface area contributed by atoms with Crippen LogP contribution in [0.25, 0.3) is 22.2 Å². The van der Waals surface area contributed by atoms with E-state index in [4.69, 9.17) is 47.4 Å². The first-order valence-electron chi connectivity index (χ1n) is 12.7. The second kappa shape index (κ2) is 11.2. The van der Waals surface area contributed by atoms with E-state index < -0.39 is 5.60 Å². The molecule has 3 N–H and O–H groups in total. The average molecular weight is 589 g/mol. The number of carbonyl (C=O) groups excluding carboxylic acids is 1. The number of aromatic nitrogens is 3. The van der Waals surface area contributed by atoms with E-state index in [1.165, 1.54) is 20.3 Å². The van der Waals surface area contributed by atoms with Gasteiger partial charge >= 0.3 is 0 Å². The molecule has 0 unspecified atom stereocenters. The van der Waals surface area contributed by atoms with Gasteiger partial charge in [0.1, 0.15) is 17.0 Å². The monoisotopic (exact) mass is 588 g/mol. The summed E-state index contributed by atoms with van der Waals surface area (Å²) in [6.07, 6.45) is 3.47. The van der Waals surface area contributed by atoms with E-state index in [9.17, 15) is 9.90 Å². The number of methoxy groups -OCH3 is 2. The Hall–Kier alpha value is -3.38. The number of halogens is 2. The van der Waals surface area contributed by atoms with Gasteiger partial charge in [0.15, 0.2) is 5.82 Å². The molecule has 0 spiro atoms. The number of nitrogens with zero attached hydrogens (tertiary/aromatic N) is 4. The molecule has 13 heteroatoms. The van der Waals surface area contributed by atoms with Crippen molar-refractivity contribution in [3.05, 3.63) is 41.0 Å². The van der Waals surface area contributed by atoms with Gasteiger partial charge in [-0.25, -0.2) is 15.0 Å². The van der Waals surface area contributed by atoms with Gasteiger partial charge in [-0.15, -0.1) is 0 Å². The van der Waals surface area contributed by atoms with Gasteiger partial charge in [-0.1, -0.05) is 29.8 Å². The summed E-state index contributed by atoms with van der Waals surface area (Å²) in [6, 6.07) is 2.90. The van der Waals surface area contributed by atoms with Crippen molar-refractivity contribution in [1.29, 1.82) is 0 Å². The third-order valence-electron chi connectivity index (χ3n) is 7.04. The van der Waals surface area contributed by atoms with Crippen LogP contribution in [0, 0.1) is 0 Å². The number of fused-ring (bicyclic) bond motifs is 1. The number of anilines is 2. The first-order valence-corrected chi connectivity index (χ1v) is 13.4. The number of hydrogen-bond donors (Lipinski definition) is 3. The predicted molar refractivity (Wildman–Crippen MR) is 154 cm³/mol. The lowest BCUT2D eigenvalue weighted by Gasteiger charge is -2.23. The van der Waals surface area contributed by atoms with Crippen molar-refractivity contribution < 1.29 is 24.1 Å². The second-order valence-electron chi connectivity index (χ2n) is 10.0. The zero-order valence-electron chi connectivity index (χ0n) is 22.3. The van der Waals surface area contributed by atoms with E-state index in [0.29, 0.717) is 78.1 Å². The summed E-state index contributed by atoms with van der Waals surface area (Å²) in [5.74, 6) is 1.38. The Labute approximate surface area is 241 Å². The highest BCUT2D eigenvalue weighted by atomic mass is 35.5. The smallest absolute Gasteiger partial charge is 0.243 e. The maximum absolute atomic E-state index is 11.8. The highest BCUT2D eigenvalue weighted by Crippen LogP contribution is 2.46. The fraction of sp³-hybridized carbons (Fsp3) is 0.407. The Morgan fingerprint density at radius 3 is 2.52 bits per heavy atom. The van der Waals surface area contributed by atoms with Crippen molar-refractivity contribution in [3.8, 4) is 22.8 Å². The molecule has 0 bridgehead atoms. The molecule has 1 aromatic carbocycles. The third kappa shape index (κ3) is 5.46. The van der Waals surface area contributed by atoms with Crippen LogP contribution >= 0.6 is 23.2 Å². The lowest BCUT2D eigenvalue weighted by molar-refractivity contribution is -0.117. The van der Waals surface area contributed by atoms with E-state index in [-0.39, 0.29) is 28.0 Å². The van der Waals surface area contributed by atoms with Gasteiger partial charge in [-0.2, -0.15) is 0 Å². The second-order valence-corrected chi connectivity index (χ2v) is 10.8. The quantitative estimate of drug-likeness (QED) is 0.336. The van der Waals surface area contributed by atoms with Crippen LogP contribution in [0.1, 0.15) is 13.3 Å². The van der Waals surface area contributed by atoms with Gasteiger partial charge in [0.2, 0.25) is 11.9 Å². The molecule has 2 fully saturated rings. The number of rotatable bonds is 8. The summed E-state index contributed by atoms with van der Waals surface area (Å²) in [5.41, 5.74) is 0.609. The number of ether oxygens (including phenoxy) is 3. The van der Waals surface area contributed by atoms with Crippen LogP contribution < -0.4 is 25.0 Å². The topological polar surface area (TPSA) is 131 Å². The summed E-state index contributed by atoms with van der Waals surface area (Å²) in [5, 5.41) is 18.1. The van der Waals surface area contributed by atoms with Gasteiger partial charge in [0.05, 0.1) is 60.9 Å². The van der Waals surface area contributed by atoms with E-state index >= 15 is 0 Å². The fourth-order valence-corrected chi connectivity index (χ4v) is 5.62. The number of β-amino-alcohol motifs (C(OH)–C–C–N with tert-alkyl or cyclic N) is 1. The largest absolute Gasteiger partial charge is 0.495 e. The third-order valence-corrected chi connectivity index (χ3v) is 7.79. The molecule has 2 aromatic heterocycles. The van der Waals surface area contributed by atoms with Crippen molar-refractivity contribution in [2.24, 2.45) is 0 Å². The van der Waals surface area contributed by atoms with E-state index in [2.05, 4.69) is 22.2 Å². The number of hydrogen-bond acceptors (Lipinski definition) is 10. The normalized spacial score (nSPS) is 22.4. The number of nitrogens with one attached hydrogen (secondary N) is 2. The number of amides is 1. The standard InChI is InChI=1S/C27H30Cl2N6O5/c1-5-20(36)31-16-11-40-12-17(16)33-26-30-10-14-8-15(21-22(28)18(38-3)9-19(39-4)23(21)29)32-25(24(14)34-26)35-7-6-27(2,37)13-35/h5,8-10,16-17,37H,1,6-7,11-13H2,2-4H3,(H,31,36)(H,30,33,34)/t16-,17+,27+/m0/s1. The minimum atomic E-state index is -0.885. The van der Waals surface area contributed by atoms with Crippen LogP contribution in [-0.4, -0.2) is 84.2 Å². The summed E-state index contributed by atoms with van der Waals surface area (Å²) < 4.78 is 16.5. The van der Waals surface area contributed by atoms with Crippen molar-refractivity contribution >= 4 is 51.8 Å². The molecular formula is C27H30Cl2N6O5. The molecule has 2 saturated heterocycles. The molecule has 0 saturated carbocycles. The molecule has 40 heavy (non-hydrogen) atoms. The number of aliphatic hydroxyl groups is 1. The Morgan fingerprint density at radius 1 is 1.20 bits per heavy atom. The fourth-order valence-electron chi connectivity index (χ4n) is 4.92. The molecule has 5 rings (SSSR count). The van der Waals surface area contributed by atoms with Gasteiger partial charge in [0, 0.05) is 36.3 Å². The molecule has 212 valence electrons. The van der Waals surface area contributed by atoms with E-state index in [1.54, 1.807) is 25.3 Å². The average Bonchev–Trinajstić information content (AvgIpc) is 3.53. The highest BCUT2D eigenvalue weighted by Gasteiger charge is 2.34. The summed E-state index contributed by atoms with van der Waals surface area (Å²) >= 11 is 13.4. The summed E-state index contributed by atoms with van der Waals surface area (Å²) in [4.78, 5) is 28.1. The lowest BCUT2D eigenvalue weighted by Crippen LogP contribution is -2.45. The number of pyridine rings is 1. The molecule has 2 aliphatic heterocycles. The Bertz CT molecular complexity index is 1440. The summed E-state index contributed by atoms with van der Waals surface area (Å²) in [6.45, 7) is 6.96. The van der Waals surface area contributed by atoms with Crippen LogP contribution in [0.15, 0.2) is 31.0 Å². The van der Waals surface area contributed by atoms with E-state index in [0.717, 1.165) is 0 Å². The van der Waals surface area contributed by atoms with Crippen LogP contribution in [-0.2, 0) is 9.53 Å². The van der Waals surface area contributed by atoms with Crippen LogP contribution in [0.4, 0.5) is 11.8 Å². The van der Waals surface area contributed by atoms with Gasteiger partial charge < -0.3 is 34.9 Å². The minimum absolute atomic E-state index is 0.244. The SMILES string of the molecule is C=CC(=O)N[C@H]1COC[C@H]1Nc1ncc2cc(-c3c(Cl)c(OC)cc(OC)c3Cl)nc(N3CC[C@@](C)(O)C3)c2n1. The number of benzene rings is 1. The zero-order chi connectivity index (χ0) is 28.6. The van der Waals surface area contributed by atoms with Gasteiger partial charge in [0.25, 0.3) is 0 Å². The van der Waals surface area contributed by atoms with Crippen LogP contribution in [0.3, 0.4) is 0 Å². The molecule has 2 aliphatic rings. The van der Waals surface area contributed by atoms with Crippen LogP contribution in [0.2, 0.25) is 10.0 Å². The van der Waals surface area contributed by atoms with Crippen LogP contribution in [0.5, 0.6) is 11.5 Å². The molecule has 3 aromatic rings. The van der Waals surface area contributed by atoms with Gasteiger partial charge in [-0.3, -0.25) is 4.79 Å². The molecule has 0 aliphatic carbocycles. The highest BCUT2D eigenvalue weighted by molar-refractivity contribution is 6.41. The maximum Gasteiger partial charge on any atom is 0.243 e. The molecule has 1 amide bonds. The molecule has 0 radical (unpaired) electrons. The number of carbonyl (C=O) groups is 1. The Balaban J connectivity index is 1.60. The van der Waals surface area contributed by atoms with Crippen molar-refractivity contribution in [2.75, 3.05) is 50.7 Å². The summed E-state index contributed by atoms with van der Waals surface area (Å²) in [7, 11) is 3.02.